The first-order chi connectivity index (χ1) is 37.7. The van der Waals surface area contributed by atoms with E-state index in [1.54, 1.807) is 0 Å². The number of hydrogen-bond donors (Lipinski definition) is 0. The Morgan fingerprint density at radius 3 is 1.25 bits per heavy atom. The highest BCUT2D eigenvalue weighted by atomic mass is 32.1. The van der Waals surface area contributed by atoms with Gasteiger partial charge in [0.2, 0.25) is 0 Å². The van der Waals surface area contributed by atoms with Gasteiger partial charge in [-0.15, -0.1) is 22.7 Å². The van der Waals surface area contributed by atoms with Crippen molar-refractivity contribution < 1.29 is 0 Å². The molecule has 16 aromatic rings. The number of nitrogens with zero attached hydrogens (tertiary/aromatic N) is 4. The summed E-state index contributed by atoms with van der Waals surface area (Å²) >= 11 is 3.71. The van der Waals surface area contributed by atoms with E-state index < -0.39 is 0 Å². The maximum atomic E-state index is 5.09. The molecule has 0 aliphatic carbocycles. The second-order valence-electron chi connectivity index (χ2n) is 19.3. The van der Waals surface area contributed by atoms with Gasteiger partial charge in [-0.2, -0.15) is 0 Å². The number of fused-ring (bicyclic) bond motifs is 12. The Kier molecular flexibility index (Phi) is 10.5. The number of hydrogen-bond acceptors (Lipinski definition) is 4. The molecule has 0 saturated carbocycles. The molecule has 0 bridgehead atoms. The van der Waals surface area contributed by atoms with Crippen LogP contribution in [0.4, 0.5) is 0 Å². The van der Waals surface area contributed by atoms with Crippen molar-refractivity contribution in [2.45, 2.75) is 0 Å². The molecule has 6 heteroatoms. The molecule has 16 rings (SSSR count). The summed E-state index contributed by atoms with van der Waals surface area (Å²) in [5, 5.41) is 7.56. The molecule has 6 aromatic heterocycles. The minimum atomic E-state index is 1.03. The molecule has 0 aliphatic rings. The van der Waals surface area contributed by atoms with Crippen LogP contribution in [0.5, 0.6) is 0 Å². The fraction of sp³-hybridized carbons (Fsp3) is 0. The highest BCUT2D eigenvalue weighted by molar-refractivity contribution is 7.26. The van der Waals surface area contributed by atoms with E-state index in [2.05, 4.69) is 264 Å². The first-order valence-corrected chi connectivity index (χ1v) is 27.2. The van der Waals surface area contributed by atoms with Crippen LogP contribution in [0, 0.1) is 0 Å². The number of thiophene rings is 2. The summed E-state index contributed by atoms with van der Waals surface area (Å²) in [6, 6.07) is 91.2. The Labute approximate surface area is 446 Å². The smallest absolute Gasteiger partial charge is 0.0964 e. The van der Waals surface area contributed by atoms with E-state index in [1.165, 1.54) is 95.5 Å². The van der Waals surface area contributed by atoms with Gasteiger partial charge >= 0.3 is 0 Å². The van der Waals surface area contributed by atoms with Gasteiger partial charge in [0.1, 0.15) is 0 Å². The molecular formula is C70H44N4S2. The quantitative estimate of drug-likeness (QED) is 0.166. The lowest BCUT2D eigenvalue weighted by atomic mass is 10.0. The molecule has 4 nitrogen and oxygen atoms in total. The summed E-state index contributed by atoms with van der Waals surface area (Å²) in [4.78, 5) is 10.2. The van der Waals surface area contributed by atoms with Gasteiger partial charge in [-0.25, -0.2) is 0 Å². The van der Waals surface area contributed by atoms with E-state index >= 15 is 0 Å². The van der Waals surface area contributed by atoms with Crippen molar-refractivity contribution >= 4 is 107 Å². The summed E-state index contributed by atoms with van der Waals surface area (Å²) < 4.78 is 10.0. The Bertz CT molecular complexity index is 4860. The Hall–Kier alpha value is -9.46. The van der Waals surface area contributed by atoms with E-state index in [-0.39, 0.29) is 0 Å². The number of rotatable bonds is 6. The third kappa shape index (κ3) is 7.41. The van der Waals surface area contributed by atoms with Crippen LogP contribution in [-0.4, -0.2) is 19.1 Å². The average Bonchev–Trinajstić information content (AvgIpc) is 4.26. The van der Waals surface area contributed by atoms with Crippen LogP contribution in [0.15, 0.2) is 267 Å². The second kappa shape index (κ2) is 18.2. The van der Waals surface area contributed by atoms with Gasteiger partial charge in [0.25, 0.3) is 0 Å². The van der Waals surface area contributed by atoms with Crippen molar-refractivity contribution in [1.82, 2.24) is 19.1 Å². The maximum absolute atomic E-state index is 5.09. The zero-order valence-corrected chi connectivity index (χ0v) is 42.6. The van der Waals surface area contributed by atoms with E-state index in [4.69, 9.17) is 9.97 Å². The second-order valence-corrected chi connectivity index (χ2v) is 21.5. The number of pyridine rings is 2. The lowest BCUT2D eigenvalue weighted by molar-refractivity contribution is 1.18. The topological polar surface area (TPSA) is 35.6 Å². The molecule has 0 fully saturated rings. The minimum Gasteiger partial charge on any atom is -0.308 e. The fourth-order valence-corrected chi connectivity index (χ4v) is 13.5. The predicted molar refractivity (Wildman–Crippen MR) is 325 cm³/mol. The zero-order valence-electron chi connectivity index (χ0n) is 41.0. The van der Waals surface area contributed by atoms with Gasteiger partial charge in [0, 0.05) is 85.9 Å². The maximum Gasteiger partial charge on any atom is 0.0964 e. The van der Waals surface area contributed by atoms with Gasteiger partial charge < -0.3 is 9.13 Å². The number of benzene rings is 10. The van der Waals surface area contributed by atoms with Gasteiger partial charge in [-0.3, -0.25) is 9.97 Å². The van der Waals surface area contributed by atoms with Crippen molar-refractivity contribution in [3.05, 3.63) is 267 Å². The van der Waals surface area contributed by atoms with Gasteiger partial charge in [0.15, 0.2) is 0 Å². The zero-order chi connectivity index (χ0) is 50.1. The van der Waals surface area contributed by atoms with E-state index in [0.717, 1.165) is 44.6 Å². The molecule has 0 radical (unpaired) electrons. The highest BCUT2D eigenvalue weighted by Crippen LogP contribution is 2.44. The summed E-state index contributed by atoms with van der Waals surface area (Å²) in [6.07, 6.45) is 4.03. The largest absolute Gasteiger partial charge is 0.308 e. The molecule has 0 spiro atoms. The van der Waals surface area contributed by atoms with Gasteiger partial charge in [-0.1, -0.05) is 188 Å². The normalized spacial score (nSPS) is 11.7. The minimum absolute atomic E-state index is 1.03. The van der Waals surface area contributed by atoms with Crippen molar-refractivity contribution in [3.8, 4) is 55.9 Å². The Morgan fingerprint density at radius 1 is 0.263 bits per heavy atom. The van der Waals surface area contributed by atoms with E-state index in [9.17, 15) is 0 Å². The van der Waals surface area contributed by atoms with Crippen LogP contribution in [0.1, 0.15) is 0 Å². The average molecular weight is 1010 g/mol. The predicted octanol–water partition coefficient (Wildman–Crippen LogP) is 19.8. The molecule has 356 valence electrons. The summed E-state index contributed by atoms with van der Waals surface area (Å²) in [5.74, 6) is 0. The molecule has 0 aliphatic heterocycles. The third-order valence-corrected chi connectivity index (χ3v) is 17.1. The monoisotopic (exact) mass is 1000 g/mol. The molecule has 76 heavy (non-hydrogen) atoms. The molecule has 0 unspecified atom stereocenters. The fourth-order valence-electron chi connectivity index (χ4n) is 11.3. The van der Waals surface area contributed by atoms with Crippen LogP contribution in [0.2, 0.25) is 0 Å². The molecule has 10 aromatic carbocycles. The highest BCUT2D eigenvalue weighted by Gasteiger charge is 2.21. The lowest BCUT2D eigenvalue weighted by Gasteiger charge is -2.14. The van der Waals surface area contributed by atoms with E-state index in [1.807, 2.05) is 35.1 Å². The van der Waals surface area contributed by atoms with Crippen LogP contribution in [0.25, 0.3) is 140 Å². The molecule has 0 N–H and O–H groups in total. The summed E-state index contributed by atoms with van der Waals surface area (Å²) in [5.41, 5.74) is 18.3. The van der Waals surface area contributed by atoms with Crippen molar-refractivity contribution in [2.75, 3.05) is 0 Å². The SMILES string of the molecule is c1ccc(-c2cccc(-n3c4cc5sc6ccccc6c5cc4c4ncc(-c5ccccc5)cc43)c2)cc1.c1ccc(-c2cnc3c4cc5c(cc4n(-c4ccccc4-c4ccccc4)c3c2)sc2ccccc25)cc1. The van der Waals surface area contributed by atoms with E-state index in [0.29, 0.717) is 0 Å². The van der Waals surface area contributed by atoms with Crippen molar-refractivity contribution in [3.63, 3.8) is 0 Å². The summed E-state index contributed by atoms with van der Waals surface area (Å²) in [7, 11) is 0. The van der Waals surface area contributed by atoms with Crippen molar-refractivity contribution in [2.24, 2.45) is 0 Å². The van der Waals surface area contributed by atoms with Crippen LogP contribution in [-0.2, 0) is 0 Å². The molecule has 6 heterocycles. The summed E-state index contributed by atoms with van der Waals surface area (Å²) in [6.45, 7) is 0. The van der Waals surface area contributed by atoms with Crippen LogP contribution < -0.4 is 0 Å². The van der Waals surface area contributed by atoms with Crippen molar-refractivity contribution in [1.29, 1.82) is 0 Å². The molecule has 0 atom stereocenters. The number of para-hydroxylation sites is 1. The molecular weight excluding hydrogens is 961 g/mol. The van der Waals surface area contributed by atoms with Gasteiger partial charge in [-0.05, 0) is 94.5 Å². The number of aromatic nitrogens is 4. The standard InChI is InChI=1S/2C35H22N2S/c1-3-11-23(12-4-1)25-19-32-35(36-22-25)29-20-28-27-16-8-10-18-33(27)38-34(28)21-31(29)37(32)30-17-9-7-15-26(30)24-13-5-2-6-14-24;1-3-10-23(11-4-1)25-14-9-15-27(18-25)37-31-21-34-29(28-16-7-8-17-33(28)38-34)20-30(31)35-32(37)19-26(22-36-35)24-12-5-2-6-13-24/h2*1-22H. The van der Waals surface area contributed by atoms with Gasteiger partial charge in [0.05, 0.1) is 38.8 Å². The third-order valence-electron chi connectivity index (χ3n) is 14.9. The lowest BCUT2D eigenvalue weighted by Crippen LogP contribution is -1.97. The van der Waals surface area contributed by atoms with Crippen LogP contribution >= 0.6 is 22.7 Å². The Morgan fingerprint density at radius 2 is 0.697 bits per heavy atom. The molecule has 0 amide bonds. The van der Waals surface area contributed by atoms with Crippen LogP contribution in [0.3, 0.4) is 0 Å². The first-order valence-electron chi connectivity index (χ1n) is 25.6. The first kappa shape index (κ1) is 44.1. The Balaban J connectivity index is 0.000000133. The molecule has 0 saturated heterocycles.